The lowest BCUT2D eigenvalue weighted by Gasteiger charge is -2.29. The molecule has 0 aromatic heterocycles. The third-order valence-electron chi connectivity index (χ3n) is 3.89. The molecule has 0 unspecified atom stereocenters. The number of anilines is 1. The molecule has 0 bridgehead atoms. The summed E-state index contributed by atoms with van der Waals surface area (Å²) >= 11 is 0. The molecule has 1 aliphatic heterocycles. The first kappa shape index (κ1) is 13.0. The highest BCUT2D eigenvalue weighted by molar-refractivity contribution is 5.85. The molecule has 0 radical (unpaired) electrons. The molecule has 0 spiro atoms. The number of nitrogens with one attached hydrogen (secondary N) is 1. The summed E-state index contributed by atoms with van der Waals surface area (Å²) in [6.45, 7) is 1.44. The molecule has 0 atom stereocenters. The summed E-state index contributed by atoms with van der Waals surface area (Å²) in [5.41, 5.74) is 3.07. The zero-order chi connectivity index (χ0) is 14.1. The van der Waals surface area contributed by atoms with Crippen molar-refractivity contribution in [1.82, 2.24) is 4.90 Å². The Kier molecular flexibility index (Phi) is 3.34. The van der Waals surface area contributed by atoms with Gasteiger partial charge in [0.25, 0.3) is 0 Å². The van der Waals surface area contributed by atoms with Crippen molar-refractivity contribution < 1.29 is 14.3 Å². The van der Waals surface area contributed by atoms with E-state index in [9.17, 15) is 9.59 Å². The molecule has 20 heavy (non-hydrogen) atoms. The minimum absolute atomic E-state index is 0.257. The second kappa shape index (κ2) is 5.15. The van der Waals surface area contributed by atoms with Gasteiger partial charge in [-0.25, -0.2) is 4.79 Å². The van der Waals surface area contributed by atoms with Crippen molar-refractivity contribution in [2.24, 2.45) is 5.92 Å². The van der Waals surface area contributed by atoms with Gasteiger partial charge in [-0.3, -0.25) is 10.1 Å². The number of rotatable bonds is 2. The summed E-state index contributed by atoms with van der Waals surface area (Å²) in [4.78, 5) is 25.3. The average Bonchev–Trinajstić information content (AvgIpc) is 3.30. The highest BCUT2D eigenvalue weighted by Gasteiger charge is 2.34. The Bertz CT molecular complexity index is 552. The van der Waals surface area contributed by atoms with E-state index in [-0.39, 0.29) is 11.8 Å². The maximum Gasteiger partial charge on any atom is 0.411 e. The van der Waals surface area contributed by atoms with Crippen LogP contribution < -0.4 is 5.32 Å². The Morgan fingerprint density at radius 3 is 2.80 bits per heavy atom. The molecule has 2 amide bonds. The number of hydrogen-bond acceptors (Lipinski definition) is 3. The van der Waals surface area contributed by atoms with Gasteiger partial charge in [0.15, 0.2) is 0 Å². The molecular formula is C15H18N2O3. The topological polar surface area (TPSA) is 58.6 Å². The van der Waals surface area contributed by atoms with Crippen LogP contribution in [0.15, 0.2) is 18.2 Å². The van der Waals surface area contributed by atoms with E-state index in [0.717, 1.165) is 31.4 Å². The van der Waals surface area contributed by atoms with Crippen molar-refractivity contribution in [3.63, 3.8) is 0 Å². The number of fused-ring (bicyclic) bond motifs is 1. The van der Waals surface area contributed by atoms with Crippen molar-refractivity contribution in [1.29, 1.82) is 0 Å². The van der Waals surface area contributed by atoms with Crippen molar-refractivity contribution >= 4 is 17.7 Å². The van der Waals surface area contributed by atoms with Gasteiger partial charge in [0.1, 0.15) is 0 Å². The van der Waals surface area contributed by atoms with Gasteiger partial charge in [0, 0.05) is 24.7 Å². The number of methoxy groups -OCH3 is 1. The molecule has 1 aliphatic carbocycles. The molecule has 3 rings (SSSR count). The van der Waals surface area contributed by atoms with Gasteiger partial charge in [0.2, 0.25) is 5.91 Å². The number of ether oxygens (including phenoxy) is 1. The predicted octanol–water partition coefficient (Wildman–Crippen LogP) is 2.16. The third-order valence-corrected chi connectivity index (χ3v) is 3.89. The molecule has 1 saturated carbocycles. The Morgan fingerprint density at radius 2 is 2.10 bits per heavy atom. The lowest BCUT2D eigenvalue weighted by molar-refractivity contribution is -0.133. The van der Waals surface area contributed by atoms with Crippen LogP contribution in [0.3, 0.4) is 0 Å². The lowest BCUT2D eigenvalue weighted by Crippen LogP contribution is -2.36. The van der Waals surface area contributed by atoms with Gasteiger partial charge < -0.3 is 9.64 Å². The number of carbonyl (C=O) groups excluding carboxylic acids is 2. The van der Waals surface area contributed by atoms with E-state index in [1.807, 2.05) is 23.1 Å². The summed E-state index contributed by atoms with van der Waals surface area (Å²) in [7, 11) is 1.34. The van der Waals surface area contributed by atoms with Crippen molar-refractivity contribution in [2.45, 2.75) is 25.8 Å². The van der Waals surface area contributed by atoms with Gasteiger partial charge >= 0.3 is 6.09 Å². The first-order chi connectivity index (χ1) is 9.67. The highest BCUT2D eigenvalue weighted by Crippen LogP contribution is 2.33. The maximum absolute atomic E-state index is 12.1. The van der Waals surface area contributed by atoms with Crippen LogP contribution in [0.5, 0.6) is 0 Å². The zero-order valence-electron chi connectivity index (χ0n) is 11.5. The summed E-state index contributed by atoms with van der Waals surface area (Å²) in [6.07, 6.45) is 2.47. The molecule has 0 saturated heterocycles. The fourth-order valence-corrected chi connectivity index (χ4v) is 2.58. The Morgan fingerprint density at radius 1 is 1.30 bits per heavy atom. The van der Waals surface area contributed by atoms with Crippen molar-refractivity contribution in [2.75, 3.05) is 19.0 Å². The molecule has 5 nitrogen and oxygen atoms in total. The molecule has 1 N–H and O–H groups in total. The predicted molar refractivity (Wildman–Crippen MR) is 74.3 cm³/mol. The number of hydrogen-bond donors (Lipinski definition) is 1. The van der Waals surface area contributed by atoms with Crippen LogP contribution in [0, 0.1) is 5.92 Å². The quantitative estimate of drug-likeness (QED) is 0.899. The minimum atomic E-state index is -0.480. The average molecular weight is 274 g/mol. The Labute approximate surface area is 117 Å². The van der Waals surface area contributed by atoms with E-state index in [4.69, 9.17) is 0 Å². The molecule has 5 heteroatoms. The largest absolute Gasteiger partial charge is 0.453 e. The van der Waals surface area contributed by atoms with Gasteiger partial charge in [-0.15, -0.1) is 0 Å². The normalized spacial score (nSPS) is 17.4. The van der Waals surface area contributed by atoms with Crippen LogP contribution in [-0.4, -0.2) is 30.6 Å². The van der Waals surface area contributed by atoms with Crippen LogP contribution in [0.2, 0.25) is 0 Å². The highest BCUT2D eigenvalue weighted by atomic mass is 16.5. The summed E-state index contributed by atoms with van der Waals surface area (Å²) in [5, 5.41) is 2.66. The van der Waals surface area contributed by atoms with E-state index >= 15 is 0 Å². The van der Waals surface area contributed by atoms with Crippen molar-refractivity contribution in [3.05, 3.63) is 29.3 Å². The fraction of sp³-hybridized carbons (Fsp3) is 0.467. The first-order valence-electron chi connectivity index (χ1n) is 6.93. The van der Waals surface area contributed by atoms with Gasteiger partial charge in [-0.2, -0.15) is 0 Å². The second-order valence-electron chi connectivity index (χ2n) is 5.38. The zero-order valence-corrected chi connectivity index (χ0v) is 11.5. The van der Waals surface area contributed by atoms with Gasteiger partial charge in [0.05, 0.1) is 7.11 Å². The van der Waals surface area contributed by atoms with Crippen molar-refractivity contribution in [3.8, 4) is 0 Å². The van der Waals surface area contributed by atoms with Crippen LogP contribution >= 0.6 is 0 Å². The fourth-order valence-electron chi connectivity index (χ4n) is 2.58. The third kappa shape index (κ3) is 2.61. The van der Waals surface area contributed by atoms with E-state index in [2.05, 4.69) is 10.1 Å². The first-order valence-corrected chi connectivity index (χ1v) is 6.93. The van der Waals surface area contributed by atoms with Gasteiger partial charge in [-0.1, -0.05) is 6.07 Å². The SMILES string of the molecule is COC(=O)Nc1ccc2c(c1)CN(C(=O)C1CC1)CC2. The second-order valence-corrected chi connectivity index (χ2v) is 5.38. The summed E-state index contributed by atoms with van der Waals surface area (Å²) in [6, 6.07) is 5.81. The number of benzene rings is 1. The lowest BCUT2D eigenvalue weighted by atomic mass is 9.98. The van der Waals surface area contributed by atoms with Crippen LogP contribution in [0.1, 0.15) is 24.0 Å². The summed E-state index contributed by atoms with van der Waals surface area (Å²) in [5.74, 6) is 0.537. The monoisotopic (exact) mass is 274 g/mol. The summed E-state index contributed by atoms with van der Waals surface area (Å²) < 4.78 is 4.58. The number of amides is 2. The minimum Gasteiger partial charge on any atom is -0.453 e. The molecule has 2 aliphatic rings. The van der Waals surface area contributed by atoms with E-state index in [0.29, 0.717) is 12.2 Å². The Hall–Kier alpha value is -2.04. The maximum atomic E-state index is 12.1. The molecule has 106 valence electrons. The molecule has 1 heterocycles. The molecule has 1 fully saturated rings. The van der Waals surface area contributed by atoms with E-state index in [1.165, 1.54) is 12.7 Å². The van der Waals surface area contributed by atoms with E-state index < -0.39 is 6.09 Å². The molecule has 1 aromatic carbocycles. The number of nitrogens with zero attached hydrogens (tertiary/aromatic N) is 1. The number of carbonyl (C=O) groups is 2. The van der Waals surface area contributed by atoms with E-state index in [1.54, 1.807) is 0 Å². The van der Waals surface area contributed by atoms with Crippen LogP contribution in [0.25, 0.3) is 0 Å². The standard InChI is InChI=1S/C15H18N2O3/c1-20-15(19)16-13-5-4-10-6-7-17(9-12(10)8-13)14(18)11-2-3-11/h4-5,8,11H,2-3,6-7,9H2,1H3,(H,16,19). The van der Waals surface area contributed by atoms with Crippen LogP contribution in [0.4, 0.5) is 10.5 Å². The molecular weight excluding hydrogens is 256 g/mol. The van der Waals surface area contributed by atoms with Gasteiger partial charge in [-0.05, 0) is 42.5 Å². The van der Waals surface area contributed by atoms with Crippen LogP contribution in [-0.2, 0) is 22.5 Å². The molecule has 1 aromatic rings. The smallest absolute Gasteiger partial charge is 0.411 e. The Balaban J connectivity index is 1.74.